The molecule has 5 rings (SSSR count). The van der Waals surface area contributed by atoms with Crippen LogP contribution < -0.4 is 15.4 Å². The minimum Gasteiger partial charge on any atom is -0.484 e. The van der Waals surface area contributed by atoms with E-state index in [0.29, 0.717) is 30.5 Å². The number of halogens is 2. The summed E-state index contributed by atoms with van der Waals surface area (Å²) in [6.07, 6.45) is 3.32. The van der Waals surface area contributed by atoms with Gasteiger partial charge in [-0.2, -0.15) is 0 Å². The largest absolute Gasteiger partial charge is 0.484 e. The SMILES string of the molecule is Cc1nocc1C(=O)NC12CC(NC(=O)COc3ccc(Cl)c(F)c3)(C1)C2. The summed E-state index contributed by atoms with van der Waals surface area (Å²) in [7, 11) is 0. The second-order valence-corrected chi connectivity index (χ2v) is 7.68. The molecular formula is C18H17ClFN3O4. The fourth-order valence-corrected chi connectivity index (χ4v) is 4.04. The van der Waals surface area contributed by atoms with Crippen molar-refractivity contribution in [3.8, 4) is 5.75 Å². The van der Waals surface area contributed by atoms with Crippen molar-refractivity contribution in [2.24, 2.45) is 0 Å². The summed E-state index contributed by atoms with van der Waals surface area (Å²) in [4.78, 5) is 24.3. The van der Waals surface area contributed by atoms with Crippen molar-refractivity contribution in [1.29, 1.82) is 0 Å². The van der Waals surface area contributed by atoms with Crippen molar-refractivity contribution in [2.45, 2.75) is 37.3 Å². The minimum atomic E-state index is -0.602. The number of ether oxygens (including phenoxy) is 1. The number of nitrogens with zero attached hydrogens (tertiary/aromatic N) is 1. The first kappa shape index (κ1) is 17.8. The van der Waals surface area contributed by atoms with E-state index in [0.717, 1.165) is 6.07 Å². The van der Waals surface area contributed by atoms with Crippen molar-refractivity contribution < 1.29 is 23.2 Å². The number of rotatable bonds is 6. The fraction of sp³-hybridized carbons (Fsp3) is 0.389. The van der Waals surface area contributed by atoms with Crippen LogP contribution in [0.1, 0.15) is 35.3 Å². The summed E-state index contributed by atoms with van der Waals surface area (Å²) < 4.78 is 23.4. The Labute approximate surface area is 159 Å². The number of carbonyl (C=O) groups excluding carboxylic acids is 2. The number of carbonyl (C=O) groups is 2. The third kappa shape index (κ3) is 3.25. The van der Waals surface area contributed by atoms with Gasteiger partial charge in [0.05, 0.1) is 10.7 Å². The van der Waals surface area contributed by atoms with E-state index in [-0.39, 0.29) is 40.3 Å². The van der Waals surface area contributed by atoms with Crippen molar-refractivity contribution in [1.82, 2.24) is 15.8 Å². The van der Waals surface area contributed by atoms with Gasteiger partial charge in [0.2, 0.25) is 0 Å². The predicted octanol–water partition coefficient (Wildman–Crippen LogP) is 2.38. The number of benzene rings is 1. The van der Waals surface area contributed by atoms with Crippen molar-refractivity contribution in [3.05, 3.63) is 46.6 Å². The zero-order valence-electron chi connectivity index (χ0n) is 14.5. The van der Waals surface area contributed by atoms with E-state index in [4.69, 9.17) is 20.9 Å². The van der Waals surface area contributed by atoms with Crippen molar-refractivity contribution >= 4 is 23.4 Å². The molecule has 0 aliphatic heterocycles. The van der Waals surface area contributed by atoms with Crippen LogP contribution >= 0.6 is 11.6 Å². The summed E-state index contributed by atoms with van der Waals surface area (Å²) in [6, 6.07) is 4.00. The van der Waals surface area contributed by atoms with E-state index in [9.17, 15) is 14.0 Å². The van der Waals surface area contributed by atoms with Gasteiger partial charge in [0, 0.05) is 17.1 Å². The van der Waals surface area contributed by atoms with Gasteiger partial charge in [-0.3, -0.25) is 9.59 Å². The lowest BCUT2D eigenvalue weighted by atomic mass is 9.44. The molecule has 2 bridgehead atoms. The molecular weight excluding hydrogens is 377 g/mol. The molecule has 0 unspecified atom stereocenters. The second-order valence-electron chi connectivity index (χ2n) is 7.27. The van der Waals surface area contributed by atoms with Crippen LogP contribution in [-0.4, -0.2) is 34.7 Å². The van der Waals surface area contributed by atoms with Crippen LogP contribution in [-0.2, 0) is 4.79 Å². The van der Waals surface area contributed by atoms with Gasteiger partial charge in [-0.1, -0.05) is 16.8 Å². The molecule has 0 saturated heterocycles. The lowest BCUT2D eigenvalue weighted by Gasteiger charge is -2.70. The molecule has 27 heavy (non-hydrogen) atoms. The normalized spacial score (nSPS) is 25.1. The number of hydrogen-bond donors (Lipinski definition) is 2. The molecule has 9 heteroatoms. The Morgan fingerprint density at radius 2 is 2.00 bits per heavy atom. The van der Waals surface area contributed by atoms with Gasteiger partial charge in [-0.15, -0.1) is 0 Å². The highest BCUT2D eigenvalue weighted by molar-refractivity contribution is 6.30. The molecule has 3 aliphatic carbocycles. The summed E-state index contributed by atoms with van der Waals surface area (Å²) in [6.45, 7) is 1.48. The smallest absolute Gasteiger partial charge is 0.258 e. The average molecular weight is 394 g/mol. The van der Waals surface area contributed by atoms with E-state index in [2.05, 4.69) is 15.8 Å². The fourth-order valence-electron chi connectivity index (χ4n) is 3.92. The Kier molecular flexibility index (Phi) is 4.10. The van der Waals surface area contributed by atoms with Gasteiger partial charge in [-0.05, 0) is 38.3 Å². The molecule has 2 N–H and O–H groups in total. The molecule has 142 valence electrons. The molecule has 0 spiro atoms. The zero-order chi connectivity index (χ0) is 19.2. The number of aromatic nitrogens is 1. The van der Waals surface area contributed by atoms with Gasteiger partial charge in [0.1, 0.15) is 23.4 Å². The Bertz CT molecular complexity index is 909. The van der Waals surface area contributed by atoms with Crippen LogP contribution in [0.5, 0.6) is 5.75 Å². The van der Waals surface area contributed by atoms with E-state index in [1.165, 1.54) is 18.4 Å². The first-order chi connectivity index (χ1) is 12.8. The number of aryl methyl sites for hydroxylation is 1. The van der Waals surface area contributed by atoms with Crippen molar-refractivity contribution in [2.75, 3.05) is 6.61 Å². The molecule has 3 fully saturated rings. The Morgan fingerprint density at radius 3 is 2.63 bits per heavy atom. The van der Waals surface area contributed by atoms with Crippen LogP contribution in [0, 0.1) is 12.7 Å². The summed E-state index contributed by atoms with van der Waals surface area (Å²) in [5.41, 5.74) is 0.371. The molecule has 1 heterocycles. The van der Waals surface area contributed by atoms with Gasteiger partial charge in [-0.25, -0.2) is 4.39 Å². The third-order valence-electron chi connectivity index (χ3n) is 5.07. The maximum atomic E-state index is 13.4. The Hall–Kier alpha value is -2.61. The maximum absolute atomic E-state index is 13.4. The molecule has 3 saturated carbocycles. The van der Waals surface area contributed by atoms with E-state index in [1.54, 1.807) is 6.92 Å². The minimum absolute atomic E-state index is 0.00518. The summed E-state index contributed by atoms with van der Waals surface area (Å²) in [5.74, 6) is -0.881. The molecule has 2 amide bonds. The summed E-state index contributed by atoms with van der Waals surface area (Å²) >= 11 is 5.60. The molecule has 1 aromatic heterocycles. The molecule has 7 nitrogen and oxygen atoms in total. The highest BCUT2D eigenvalue weighted by atomic mass is 35.5. The average Bonchev–Trinajstić information content (AvgIpc) is 2.99. The van der Waals surface area contributed by atoms with Crippen molar-refractivity contribution in [3.63, 3.8) is 0 Å². The van der Waals surface area contributed by atoms with Crippen LogP contribution in [0.4, 0.5) is 4.39 Å². The lowest BCUT2D eigenvalue weighted by Crippen LogP contribution is -2.84. The van der Waals surface area contributed by atoms with Gasteiger partial charge < -0.3 is 19.9 Å². The standard InChI is InChI=1S/C18H17ClFN3O4/c1-10-12(5-27-23-10)16(25)22-18-7-17(8-18,9-18)21-15(24)6-26-11-2-3-13(19)14(20)4-11/h2-5H,6-9H2,1H3,(H,21,24)(H,22,25). The highest BCUT2D eigenvalue weighted by Gasteiger charge is 2.69. The van der Waals surface area contributed by atoms with E-state index in [1.807, 2.05) is 0 Å². The van der Waals surface area contributed by atoms with Crippen LogP contribution in [0.3, 0.4) is 0 Å². The van der Waals surface area contributed by atoms with Crippen LogP contribution in [0.2, 0.25) is 5.02 Å². The highest BCUT2D eigenvalue weighted by Crippen LogP contribution is 2.60. The first-order valence-corrected chi connectivity index (χ1v) is 8.80. The second kappa shape index (κ2) is 6.23. The number of hydrogen-bond acceptors (Lipinski definition) is 5. The van der Waals surface area contributed by atoms with E-state index < -0.39 is 5.82 Å². The molecule has 0 radical (unpaired) electrons. The summed E-state index contributed by atoms with van der Waals surface area (Å²) in [5, 5.41) is 9.62. The molecule has 0 atom stereocenters. The molecule has 3 aliphatic rings. The Balaban J connectivity index is 1.24. The van der Waals surface area contributed by atoms with Crippen LogP contribution in [0.15, 0.2) is 29.0 Å². The van der Waals surface area contributed by atoms with Gasteiger partial charge >= 0.3 is 0 Å². The number of nitrogens with one attached hydrogen (secondary N) is 2. The monoisotopic (exact) mass is 393 g/mol. The lowest BCUT2D eigenvalue weighted by molar-refractivity contribution is -0.141. The van der Waals surface area contributed by atoms with Gasteiger partial charge in [0.15, 0.2) is 6.61 Å². The topological polar surface area (TPSA) is 93.5 Å². The quantitative estimate of drug-likeness (QED) is 0.786. The van der Waals surface area contributed by atoms with Gasteiger partial charge in [0.25, 0.3) is 11.8 Å². The van der Waals surface area contributed by atoms with E-state index >= 15 is 0 Å². The Morgan fingerprint density at radius 1 is 1.30 bits per heavy atom. The zero-order valence-corrected chi connectivity index (χ0v) is 15.2. The maximum Gasteiger partial charge on any atom is 0.258 e. The first-order valence-electron chi connectivity index (χ1n) is 8.42. The van der Waals surface area contributed by atoms with Crippen LogP contribution in [0.25, 0.3) is 0 Å². The third-order valence-corrected chi connectivity index (χ3v) is 5.38. The molecule has 1 aromatic carbocycles. The number of amides is 2. The predicted molar refractivity (Wildman–Crippen MR) is 93.1 cm³/mol. The molecule has 2 aromatic rings.